The zero-order valence-electron chi connectivity index (χ0n) is 14.3. The van der Waals surface area contributed by atoms with Crippen molar-refractivity contribution in [2.75, 3.05) is 14.2 Å². The Balaban J connectivity index is 1.61. The van der Waals surface area contributed by atoms with Gasteiger partial charge in [0.25, 0.3) is 0 Å². The number of methoxy groups -OCH3 is 2. The highest BCUT2D eigenvalue weighted by molar-refractivity contribution is 5.68. The maximum absolute atomic E-state index is 6.05. The fraction of sp³-hybridized carbons (Fsp3) is 0.333. The van der Waals surface area contributed by atoms with E-state index in [1.54, 1.807) is 14.2 Å². The molecular weight excluding hydrogens is 300 g/mol. The van der Waals surface area contributed by atoms with Gasteiger partial charge in [-0.05, 0) is 48.1 Å². The van der Waals surface area contributed by atoms with E-state index in [0.717, 1.165) is 30.8 Å². The molecule has 126 valence electrons. The third-order valence-electron chi connectivity index (χ3n) is 4.45. The van der Waals surface area contributed by atoms with Gasteiger partial charge < -0.3 is 14.2 Å². The Labute approximate surface area is 143 Å². The molecule has 0 fully saturated rings. The van der Waals surface area contributed by atoms with Crippen LogP contribution in [0.4, 0.5) is 0 Å². The van der Waals surface area contributed by atoms with Gasteiger partial charge in [0.15, 0.2) is 11.5 Å². The minimum atomic E-state index is 0.300. The van der Waals surface area contributed by atoms with Crippen LogP contribution in [-0.2, 0) is 11.3 Å². The molecule has 0 amide bonds. The van der Waals surface area contributed by atoms with Crippen molar-refractivity contribution in [3.05, 3.63) is 65.7 Å². The highest BCUT2D eigenvalue weighted by atomic mass is 16.5. The Morgan fingerprint density at radius 2 is 1.75 bits per heavy atom. The van der Waals surface area contributed by atoms with Crippen molar-refractivity contribution in [1.82, 2.24) is 0 Å². The molecule has 1 unspecified atom stereocenters. The molecule has 2 aromatic carbocycles. The summed E-state index contributed by atoms with van der Waals surface area (Å²) < 4.78 is 16.7. The van der Waals surface area contributed by atoms with Crippen LogP contribution in [0.3, 0.4) is 0 Å². The van der Waals surface area contributed by atoms with Gasteiger partial charge in [-0.1, -0.05) is 42.5 Å². The van der Waals surface area contributed by atoms with E-state index in [1.807, 2.05) is 12.1 Å². The lowest BCUT2D eigenvalue weighted by Gasteiger charge is -2.23. The molecule has 3 nitrogen and oxygen atoms in total. The summed E-state index contributed by atoms with van der Waals surface area (Å²) in [5, 5.41) is 0. The number of hydrogen-bond donors (Lipinski definition) is 0. The highest BCUT2D eigenvalue weighted by Gasteiger charge is 2.17. The molecule has 0 aromatic heterocycles. The second kappa shape index (κ2) is 8.02. The molecule has 3 heteroatoms. The Bertz CT molecular complexity index is 691. The van der Waals surface area contributed by atoms with E-state index in [2.05, 4.69) is 42.5 Å². The predicted octanol–water partition coefficient (Wildman–Crippen LogP) is 4.86. The first kappa shape index (κ1) is 16.6. The number of allylic oxidation sites excluding steroid dienone is 1. The molecule has 24 heavy (non-hydrogen) atoms. The lowest BCUT2D eigenvalue weighted by molar-refractivity contribution is 0.0360. The Morgan fingerprint density at radius 3 is 2.42 bits per heavy atom. The molecule has 2 aromatic rings. The van der Waals surface area contributed by atoms with Crippen molar-refractivity contribution in [3.8, 4) is 11.5 Å². The number of rotatable bonds is 6. The first-order chi connectivity index (χ1) is 11.8. The van der Waals surface area contributed by atoms with Gasteiger partial charge in [0.1, 0.15) is 0 Å². The topological polar surface area (TPSA) is 27.7 Å². The Hall–Kier alpha value is -2.26. The summed E-state index contributed by atoms with van der Waals surface area (Å²) in [4.78, 5) is 0. The van der Waals surface area contributed by atoms with Crippen LogP contribution in [0.25, 0.3) is 5.57 Å². The average Bonchev–Trinajstić information content (AvgIpc) is 2.67. The summed E-state index contributed by atoms with van der Waals surface area (Å²) in [6.07, 6.45) is 5.62. The largest absolute Gasteiger partial charge is 0.493 e. The maximum Gasteiger partial charge on any atom is 0.161 e. The van der Waals surface area contributed by atoms with Crippen molar-refractivity contribution < 1.29 is 14.2 Å². The Kier molecular flexibility index (Phi) is 5.55. The summed E-state index contributed by atoms with van der Waals surface area (Å²) in [7, 11) is 3.33. The van der Waals surface area contributed by atoms with E-state index in [-0.39, 0.29) is 0 Å². The fourth-order valence-electron chi connectivity index (χ4n) is 3.05. The zero-order chi connectivity index (χ0) is 16.8. The van der Waals surface area contributed by atoms with Crippen LogP contribution in [0.1, 0.15) is 30.4 Å². The quantitative estimate of drug-likeness (QED) is 0.760. The lowest BCUT2D eigenvalue weighted by atomic mass is 9.92. The standard InChI is InChI=1S/C21H24O3/c1-22-20-13-10-18(14-21(20)23-2)17-8-11-19(12-9-17)24-15-16-6-4-3-5-7-16/h3-8,10,13-14,19H,9,11-12,15H2,1-2H3. The first-order valence-electron chi connectivity index (χ1n) is 8.37. The van der Waals surface area contributed by atoms with Crippen molar-refractivity contribution in [2.24, 2.45) is 0 Å². The van der Waals surface area contributed by atoms with Crippen LogP contribution >= 0.6 is 0 Å². The average molecular weight is 324 g/mol. The van der Waals surface area contributed by atoms with Crippen molar-refractivity contribution >= 4 is 5.57 Å². The second-order valence-corrected chi connectivity index (χ2v) is 5.99. The van der Waals surface area contributed by atoms with Crippen LogP contribution in [0.15, 0.2) is 54.6 Å². The van der Waals surface area contributed by atoms with Gasteiger partial charge in [0.05, 0.1) is 26.9 Å². The summed E-state index contributed by atoms with van der Waals surface area (Å²) in [6, 6.07) is 16.5. The lowest BCUT2D eigenvalue weighted by Crippen LogP contribution is -2.15. The van der Waals surface area contributed by atoms with Crippen LogP contribution < -0.4 is 9.47 Å². The van der Waals surface area contributed by atoms with Crippen LogP contribution in [0, 0.1) is 0 Å². The maximum atomic E-state index is 6.05. The monoisotopic (exact) mass is 324 g/mol. The number of ether oxygens (including phenoxy) is 3. The van der Waals surface area contributed by atoms with Gasteiger partial charge in [0, 0.05) is 0 Å². The normalized spacial score (nSPS) is 17.2. The van der Waals surface area contributed by atoms with Crippen molar-refractivity contribution in [1.29, 1.82) is 0 Å². The van der Waals surface area contributed by atoms with E-state index < -0.39 is 0 Å². The number of hydrogen-bond acceptors (Lipinski definition) is 3. The van der Waals surface area contributed by atoms with Gasteiger partial charge in [0.2, 0.25) is 0 Å². The second-order valence-electron chi connectivity index (χ2n) is 5.99. The van der Waals surface area contributed by atoms with E-state index in [9.17, 15) is 0 Å². The van der Waals surface area contributed by atoms with Crippen molar-refractivity contribution in [2.45, 2.75) is 32.0 Å². The summed E-state index contributed by atoms with van der Waals surface area (Å²) >= 11 is 0. The molecule has 0 radical (unpaired) electrons. The summed E-state index contributed by atoms with van der Waals surface area (Å²) in [6.45, 7) is 0.686. The number of benzene rings is 2. The summed E-state index contributed by atoms with van der Waals surface area (Å²) in [5.41, 5.74) is 3.79. The molecule has 0 heterocycles. The van der Waals surface area contributed by atoms with E-state index in [0.29, 0.717) is 12.7 Å². The molecule has 0 saturated carbocycles. The molecule has 1 aliphatic rings. The van der Waals surface area contributed by atoms with Gasteiger partial charge in [-0.15, -0.1) is 0 Å². The molecule has 0 aliphatic heterocycles. The molecule has 1 atom stereocenters. The van der Waals surface area contributed by atoms with Gasteiger partial charge in [-0.2, -0.15) is 0 Å². The zero-order valence-corrected chi connectivity index (χ0v) is 14.3. The first-order valence-corrected chi connectivity index (χ1v) is 8.37. The molecule has 0 N–H and O–H groups in total. The molecular formula is C21H24O3. The predicted molar refractivity (Wildman–Crippen MR) is 96.4 cm³/mol. The molecule has 0 bridgehead atoms. The van der Waals surface area contributed by atoms with E-state index in [4.69, 9.17) is 14.2 Å². The third kappa shape index (κ3) is 3.98. The molecule has 1 aliphatic carbocycles. The van der Waals surface area contributed by atoms with Crippen LogP contribution in [-0.4, -0.2) is 20.3 Å². The van der Waals surface area contributed by atoms with Gasteiger partial charge >= 0.3 is 0 Å². The van der Waals surface area contributed by atoms with Crippen LogP contribution in [0.2, 0.25) is 0 Å². The smallest absolute Gasteiger partial charge is 0.161 e. The van der Waals surface area contributed by atoms with Gasteiger partial charge in [-0.3, -0.25) is 0 Å². The van der Waals surface area contributed by atoms with Crippen molar-refractivity contribution in [3.63, 3.8) is 0 Å². The Morgan fingerprint density at radius 1 is 0.958 bits per heavy atom. The van der Waals surface area contributed by atoms with Crippen LogP contribution in [0.5, 0.6) is 11.5 Å². The molecule has 3 rings (SSSR count). The molecule has 0 saturated heterocycles. The molecule has 0 spiro atoms. The van der Waals surface area contributed by atoms with E-state index >= 15 is 0 Å². The van der Waals surface area contributed by atoms with E-state index in [1.165, 1.54) is 16.7 Å². The summed E-state index contributed by atoms with van der Waals surface area (Å²) in [5.74, 6) is 1.54. The fourth-order valence-corrected chi connectivity index (χ4v) is 3.05. The highest BCUT2D eigenvalue weighted by Crippen LogP contribution is 2.34. The third-order valence-corrected chi connectivity index (χ3v) is 4.45. The SMILES string of the molecule is COc1ccc(C2=CCC(OCc3ccccc3)CC2)cc1OC. The minimum absolute atomic E-state index is 0.300. The minimum Gasteiger partial charge on any atom is -0.493 e. The van der Waals surface area contributed by atoms with Gasteiger partial charge in [-0.25, -0.2) is 0 Å².